The number of halogens is 3. The molecule has 2 saturated heterocycles. The Morgan fingerprint density at radius 2 is 2.06 bits per heavy atom. The fraction of sp³-hybridized carbons (Fsp3) is 0.400. The molecule has 0 spiro atoms. The normalized spacial score (nSPS) is 21.7. The molecule has 2 atom stereocenters. The summed E-state index contributed by atoms with van der Waals surface area (Å²) in [5, 5.41) is 9.80. The molecular weight excluding hydrogens is 476 g/mol. The van der Waals surface area contributed by atoms with Gasteiger partial charge in [-0.05, 0) is 55.6 Å². The van der Waals surface area contributed by atoms with Crippen molar-refractivity contribution in [2.75, 3.05) is 31.6 Å². The maximum Gasteiger partial charge on any atom is 0.251 e. The number of ether oxygens (including phenoxy) is 1. The van der Waals surface area contributed by atoms with Crippen LogP contribution in [-0.4, -0.2) is 53.9 Å². The summed E-state index contributed by atoms with van der Waals surface area (Å²) in [5.41, 5.74) is -0.402. The van der Waals surface area contributed by atoms with Gasteiger partial charge in [-0.2, -0.15) is 0 Å². The maximum atomic E-state index is 15.8. The minimum absolute atomic E-state index is 0.0686. The summed E-state index contributed by atoms with van der Waals surface area (Å²) in [7, 11) is 0. The molecule has 184 valence electrons. The van der Waals surface area contributed by atoms with E-state index in [0.717, 1.165) is 18.2 Å². The van der Waals surface area contributed by atoms with Crippen LogP contribution in [0.3, 0.4) is 0 Å². The first-order chi connectivity index (χ1) is 16.9. The summed E-state index contributed by atoms with van der Waals surface area (Å²) in [4.78, 5) is 22.2. The highest BCUT2D eigenvalue weighted by molar-refractivity contribution is 6.30. The molecule has 2 aromatic carbocycles. The van der Waals surface area contributed by atoms with Crippen molar-refractivity contribution in [1.82, 2.24) is 20.6 Å². The maximum absolute atomic E-state index is 15.8. The van der Waals surface area contributed by atoms with Crippen LogP contribution >= 0.6 is 11.6 Å². The molecule has 3 heterocycles. The van der Waals surface area contributed by atoms with E-state index in [1.54, 1.807) is 24.4 Å². The fourth-order valence-electron chi connectivity index (χ4n) is 4.60. The summed E-state index contributed by atoms with van der Waals surface area (Å²) in [6.45, 7) is 1.94. The van der Waals surface area contributed by atoms with Crippen molar-refractivity contribution in [1.29, 1.82) is 0 Å². The van der Waals surface area contributed by atoms with E-state index in [2.05, 4.69) is 25.9 Å². The van der Waals surface area contributed by atoms with E-state index in [-0.39, 0.29) is 24.0 Å². The van der Waals surface area contributed by atoms with Crippen LogP contribution in [0.2, 0.25) is 5.02 Å². The van der Waals surface area contributed by atoms with Crippen LogP contribution < -0.4 is 16.0 Å². The second-order valence-corrected chi connectivity index (χ2v) is 9.45. The summed E-state index contributed by atoms with van der Waals surface area (Å²) in [6, 6.07) is 8.30. The zero-order chi connectivity index (χ0) is 24.4. The lowest BCUT2D eigenvalue weighted by atomic mass is 9.89. The molecule has 1 amide bonds. The highest BCUT2D eigenvalue weighted by Crippen LogP contribution is 2.36. The summed E-state index contributed by atoms with van der Waals surface area (Å²) in [5.74, 6) is -0.573. The molecule has 2 fully saturated rings. The molecule has 3 aromatic rings. The zero-order valence-corrected chi connectivity index (χ0v) is 19.7. The van der Waals surface area contributed by atoms with Crippen LogP contribution in [0.1, 0.15) is 41.2 Å². The number of hydrogen-bond acceptors (Lipinski definition) is 6. The van der Waals surface area contributed by atoms with Gasteiger partial charge in [0.25, 0.3) is 5.91 Å². The van der Waals surface area contributed by atoms with Gasteiger partial charge in [0.1, 0.15) is 11.5 Å². The lowest BCUT2D eigenvalue weighted by Crippen LogP contribution is -2.44. The molecular formula is C25H26ClF2N5O2. The number of benzene rings is 2. The second kappa shape index (κ2) is 10.0. The lowest BCUT2D eigenvalue weighted by molar-refractivity contribution is 0.0813. The predicted molar refractivity (Wildman–Crippen MR) is 130 cm³/mol. The Labute approximate surface area is 206 Å². The van der Waals surface area contributed by atoms with Gasteiger partial charge in [-0.1, -0.05) is 23.7 Å². The van der Waals surface area contributed by atoms with Gasteiger partial charge in [0.15, 0.2) is 0 Å². The topological polar surface area (TPSA) is 88.2 Å². The highest BCUT2D eigenvalue weighted by atomic mass is 35.5. The number of alkyl halides is 1. The number of hydrogen-bond donors (Lipinski definition) is 3. The molecule has 5 rings (SSSR count). The SMILES string of the molecule is O=C(N[C@@H](c1ccc(F)c(Cl)c1)[C@@]1(F)CCNC1)c1ccc2cnc(NC3CCOCC3)nc2c1. The van der Waals surface area contributed by atoms with E-state index in [4.69, 9.17) is 16.3 Å². The van der Waals surface area contributed by atoms with Gasteiger partial charge in [-0.25, -0.2) is 18.7 Å². The van der Waals surface area contributed by atoms with Crippen molar-refractivity contribution in [3.05, 3.63) is 64.6 Å². The minimum Gasteiger partial charge on any atom is -0.381 e. The van der Waals surface area contributed by atoms with E-state index >= 15 is 4.39 Å². The number of carbonyl (C=O) groups excluding carboxylic acids is 1. The number of rotatable bonds is 6. The smallest absolute Gasteiger partial charge is 0.251 e. The number of nitrogens with zero attached hydrogens (tertiary/aromatic N) is 2. The lowest BCUT2D eigenvalue weighted by Gasteiger charge is -2.31. The number of carbonyl (C=O) groups is 1. The van der Waals surface area contributed by atoms with Gasteiger partial charge in [0.2, 0.25) is 5.95 Å². The van der Waals surface area contributed by atoms with E-state index in [1.165, 1.54) is 18.2 Å². The summed E-state index contributed by atoms with van der Waals surface area (Å²) < 4.78 is 35.0. The van der Waals surface area contributed by atoms with Crippen molar-refractivity contribution in [3.8, 4) is 0 Å². The Bertz CT molecular complexity index is 1230. The molecule has 2 aliphatic rings. The Hall–Kier alpha value is -2.88. The monoisotopic (exact) mass is 501 g/mol. The Kier molecular flexibility index (Phi) is 6.82. The van der Waals surface area contributed by atoms with Crippen molar-refractivity contribution in [2.45, 2.75) is 37.0 Å². The number of fused-ring (bicyclic) bond motifs is 1. The molecule has 35 heavy (non-hydrogen) atoms. The number of aromatic nitrogens is 2. The quantitative estimate of drug-likeness (QED) is 0.469. The van der Waals surface area contributed by atoms with Gasteiger partial charge >= 0.3 is 0 Å². The second-order valence-electron chi connectivity index (χ2n) is 9.04. The predicted octanol–water partition coefficient (Wildman–Crippen LogP) is 4.19. The Balaban J connectivity index is 1.40. The van der Waals surface area contributed by atoms with Crippen LogP contribution in [0.5, 0.6) is 0 Å². The van der Waals surface area contributed by atoms with Crippen LogP contribution in [0.25, 0.3) is 10.9 Å². The number of nitrogens with one attached hydrogen (secondary N) is 3. The molecule has 0 radical (unpaired) electrons. The van der Waals surface area contributed by atoms with Gasteiger partial charge in [0.05, 0.1) is 16.6 Å². The molecule has 0 bridgehead atoms. The zero-order valence-electron chi connectivity index (χ0n) is 19.0. The third kappa shape index (κ3) is 5.22. The molecule has 1 aromatic heterocycles. The molecule has 0 unspecified atom stereocenters. The van der Waals surface area contributed by atoms with Gasteiger partial charge in [0, 0.05) is 42.9 Å². The average Bonchev–Trinajstić information content (AvgIpc) is 3.31. The number of amides is 1. The first kappa shape index (κ1) is 23.8. The van der Waals surface area contributed by atoms with E-state index in [1.807, 2.05) is 0 Å². The van der Waals surface area contributed by atoms with Crippen molar-refractivity contribution in [2.24, 2.45) is 0 Å². The molecule has 3 N–H and O–H groups in total. The number of anilines is 1. The summed E-state index contributed by atoms with van der Waals surface area (Å²) >= 11 is 5.96. The summed E-state index contributed by atoms with van der Waals surface area (Å²) in [6.07, 6.45) is 3.66. The Morgan fingerprint density at radius 1 is 1.23 bits per heavy atom. The van der Waals surface area contributed by atoms with Crippen molar-refractivity contribution in [3.63, 3.8) is 0 Å². The van der Waals surface area contributed by atoms with Crippen molar-refractivity contribution < 1.29 is 18.3 Å². The first-order valence-corrected chi connectivity index (χ1v) is 12.1. The standard InChI is InChI=1S/C25H26ClF2N5O2/c26-19-11-15(3-4-20(19)27)22(25(28)7-8-29-14-25)33-23(34)16-1-2-17-13-30-24(32-21(17)12-16)31-18-5-9-35-10-6-18/h1-4,11-13,18,22,29H,5-10,14H2,(H,33,34)(H,30,31,32)/t22-,25+/m0/s1. The molecule has 2 aliphatic heterocycles. The third-order valence-corrected chi connectivity index (χ3v) is 6.90. The minimum atomic E-state index is -1.74. The third-order valence-electron chi connectivity index (χ3n) is 6.61. The molecule has 7 nitrogen and oxygen atoms in total. The molecule has 0 aliphatic carbocycles. The van der Waals surface area contributed by atoms with Gasteiger partial charge < -0.3 is 20.7 Å². The highest BCUT2D eigenvalue weighted by Gasteiger charge is 2.44. The Morgan fingerprint density at radius 3 is 2.80 bits per heavy atom. The van der Waals surface area contributed by atoms with E-state index < -0.39 is 23.4 Å². The fourth-order valence-corrected chi connectivity index (χ4v) is 4.79. The average molecular weight is 502 g/mol. The van der Waals surface area contributed by atoms with Crippen LogP contribution in [0, 0.1) is 5.82 Å². The van der Waals surface area contributed by atoms with Gasteiger partial charge in [-0.3, -0.25) is 4.79 Å². The van der Waals surface area contributed by atoms with E-state index in [9.17, 15) is 9.18 Å². The van der Waals surface area contributed by atoms with Crippen LogP contribution in [0.15, 0.2) is 42.6 Å². The van der Waals surface area contributed by atoms with Gasteiger partial charge in [-0.15, -0.1) is 0 Å². The van der Waals surface area contributed by atoms with Crippen LogP contribution in [0.4, 0.5) is 14.7 Å². The van der Waals surface area contributed by atoms with Crippen LogP contribution in [-0.2, 0) is 4.74 Å². The van der Waals surface area contributed by atoms with Crippen molar-refractivity contribution >= 4 is 34.4 Å². The largest absolute Gasteiger partial charge is 0.381 e. The first-order valence-electron chi connectivity index (χ1n) is 11.7. The van der Waals surface area contributed by atoms with E-state index in [0.29, 0.717) is 42.4 Å². The molecule has 0 saturated carbocycles. The molecule has 10 heteroatoms.